The Hall–Kier alpha value is -3.93. The molecule has 0 spiro atoms. The van der Waals surface area contributed by atoms with Crippen molar-refractivity contribution in [3.05, 3.63) is 89.1 Å². The molecule has 0 saturated heterocycles. The number of benzene rings is 3. The molecule has 174 valence electrons. The van der Waals surface area contributed by atoms with Crippen molar-refractivity contribution in [3.63, 3.8) is 0 Å². The van der Waals surface area contributed by atoms with Gasteiger partial charge in [0.05, 0.1) is 38.7 Å². The lowest BCUT2D eigenvalue weighted by molar-refractivity contribution is -0.116. The molecule has 3 aromatic carbocycles. The summed E-state index contributed by atoms with van der Waals surface area (Å²) in [5, 5.41) is 7.19. The monoisotopic (exact) mass is 456 g/mol. The van der Waals surface area contributed by atoms with E-state index in [1.807, 2.05) is 48.5 Å². The SMILES string of the molecule is COc1cc(OC)c([C@@H]2Nc3ccccc3NC3=C2C(=O)C[C@@H](c2ccccc2)C3)cc1OC. The zero-order valence-corrected chi connectivity index (χ0v) is 19.6. The summed E-state index contributed by atoms with van der Waals surface area (Å²) in [7, 11) is 4.82. The van der Waals surface area contributed by atoms with Crippen LogP contribution >= 0.6 is 0 Å². The highest BCUT2D eigenvalue weighted by Crippen LogP contribution is 2.47. The maximum atomic E-state index is 13.7. The van der Waals surface area contributed by atoms with Crippen molar-refractivity contribution in [1.29, 1.82) is 0 Å². The van der Waals surface area contributed by atoms with Gasteiger partial charge in [-0.2, -0.15) is 0 Å². The van der Waals surface area contributed by atoms with Crippen LogP contribution in [0.15, 0.2) is 78.0 Å². The molecule has 2 N–H and O–H groups in total. The molecule has 1 aliphatic carbocycles. The fraction of sp³-hybridized carbons (Fsp3) is 0.250. The largest absolute Gasteiger partial charge is 0.496 e. The number of rotatable bonds is 5. The second-order valence-corrected chi connectivity index (χ2v) is 8.53. The van der Waals surface area contributed by atoms with Crippen LogP contribution in [0.3, 0.4) is 0 Å². The van der Waals surface area contributed by atoms with Crippen LogP contribution in [0.5, 0.6) is 17.2 Å². The van der Waals surface area contributed by atoms with E-state index >= 15 is 0 Å². The van der Waals surface area contributed by atoms with Gasteiger partial charge in [0, 0.05) is 29.3 Å². The van der Waals surface area contributed by atoms with Crippen molar-refractivity contribution in [2.45, 2.75) is 24.8 Å². The Bertz CT molecular complexity index is 1250. The Balaban J connectivity index is 1.67. The fourth-order valence-corrected chi connectivity index (χ4v) is 4.96. The van der Waals surface area contributed by atoms with Crippen LogP contribution in [0.1, 0.15) is 35.9 Å². The Kier molecular flexibility index (Phi) is 5.88. The summed E-state index contributed by atoms with van der Waals surface area (Å²) in [5.74, 6) is 2.02. The number of hydrogen-bond acceptors (Lipinski definition) is 6. The van der Waals surface area contributed by atoms with Gasteiger partial charge in [-0.15, -0.1) is 0 Å². The minimum absolute atomic E-state index is 0.116. The van der Waals surface area contributed by atoms with Crippen LogP contribution in [0.2, 0.25) is 0 Å². The lowest BCUT2D eigenvalue weighted by atomic mass is 9.78. The average Bonchev–Trinajstić information content (AvgIpc) is 3.05. The number of nitrogens with one attached hydrogen (secondary N) is 2. The standard InChI is InChI=1S/C28H28N2O4/c1-32-24-16-26(34-3)25(33-2)15-19(24)28-27-22(29-20-11-7-8-12-21(20)30-28)13-18(14-23(27)31)17-9-5-4-6-10-17/h4-12,15-16,18,28-30H,13-14H2,1-3H3/t18-,28-/m0/s1. The first-order chi connectivity index (χ1) is 16.6. The first-order valence-corrected chi connectivity index (χ1v) is 11.4. The first-order valence-electron chi connectivity index (χ1n) is 11.4. The summed E-state index contributed by atoms with van der Waals surface area (Å²) in [6, 6.07) is 21.6. The number of ether oxygens (including phenoxy) is 3. The third-order valence-corrected chi connectivity index (χ3v) is 6.63. The number of fused-ring (bicyclic) bond motifs is 1. The van der Waals surface area contributed by atoms with E-state index < -0.39 is 6.04 Å². The normalized spacial score (nSPS) is 19.2. The van der Waals surface area contributed by atoms with Crippen molar-refractivity contribution in [2.24, 2.45) is 0 Å². The maximum Gasteiger partial charge on any atom is 0.164 e. The zero-order valence-electron chi connectivity index (χ0n) is 19.6. The number of para-hydroxylation sites is 2. The van der Waals surface area contributed by atoms with Gasteiger partial charge >= 0.3 is 0 Å². The van der Waals surface area contributed by atoms with Crippen LogP contribution in [-0.2, 0) is 4.79 Å². The lowest BCUT2D eigenvalue weighted by Crippen LogP contribution is -2.27. The first kappa shape index (κ1) is 21.9. The molecule has 1 aliphatic heterocycles. The van der Waals surface area contributed by atoms with Crippen LogP contribution < -0.4 is 24.8 Å². The average molecular weight is 457 g/mol. The lowest BCUT2D eigenvalue weighted by Gasteiger charge is -2.30. The number of anilines is 2. The van der Waals surface area contributed by atoms with Crippen molar-refractivity contribution < 1.29 is 19.0 Å². The molecule has 3 aromatic rings. The summed E-state index contributed by atoms with van der Waals surface area (Å²) < 4.78 is 16.8. The van der Waals surface area contributed by atoms with Gasteiger partial charge < -0.3 is 24.8 Å². The molecular weight excluding hydrogens is 428 g/mol. The molecule has 0 bridgehead atoms. The molecule has 0 saturated carbocycles. The van der Waals surface area contributed by atoms with Gasteiger partial charge in [0.25, 0.3) is 0 Å². The van der Waals surface area contributed by atoms with Crippen molar-refractivity contribution in [2.75, 3.05) is 32.0 Å². The Labute approximate surface area is 199 Å². The van der Waals surface area contributed by atoms with Crippen LogP contribution in [0.25, 0.3) is 0 Å². The van der Waals surface area contributed by atoms with Gasteiger partial charge in [0.15, 0.2) is 17.3 Å². The highest BCUT2D eigenvalue weighted by molar-refractivity contribution is 6.01. The minimum atomic E-state index is -0.412. The van der Waals surface area contributed by atoms with E-state index in [9.17, 15) is 4.79 Å². The smallest absolute Gasteiger partial charge is 0.164 e. The van der Waals surface area contributed by atoms with Crippen molar-refractivity contribution in [3.8, 4) is 17.2 Å². The fourth-order valence-electron chi connectivity index (χ4n) is 4.96. The van der Waals surface area contributed by atoms with E-state index in [0.717, 1.165) is 34.6 Å². The van der Waals surface area contributed by atoms with Crippen LogP contribution in [0.4, 0.5) is 11.4 Å². The third kappa shape index (κ3) is 3.85. The Morgan fingerprint density at radius 1 is 0.765 bits per heavy atom. The summed E-state index contributed by atoms with van der Waals surface area (Å²) >= 11 is 0. The molecule has 34 heavy (non-hydrogen) atoms. The van der Waals surface area contributed by atoms with Crippen molar-refractivity contribution >= 4 is 17.2 Å². The van der Waals surface area contributed by atoms with Gasteiger partial charge in [-0.3, -0.25) is 4.79 Å². The molecule has 0 unspecified atom stereocenters. The number of hydrogen-bond donors (Lipinski definition) is 2. The molecule has 0 fully saturated rings. The van der Waals surface area contributed by atoms with E-state index in [1.165, 1.54) is 5.56 Å². The molecule has 5 rings (SSSR count). The molecule has 6 nitrogen and oxygen atoms in total. The highest BCUT2D eigenvalue weighted by Gasteiger charge is 2.37. The highest BCUT2D eigenvalue weighted by atomic mass is 16.5. The molecule has 2 aliphatic rings. The van der Waals surface area contributed by atoms with E-state index in [4.69, 9.17) is 14.2 Å². The van der Waals surface area contributed by atoms with Crippen LogP contribution in [-0.4, -0.2) is 27.1 Å². The topological polar surface area (TPSA) is 68.8 Å². The second-order valence-electron chi connectivity index (χ2n) is 8.53. The molecule has 0 radical (unpaired) electrons. The van der Waals surface area contributed by atoms with Gasteiger partial charge in [-0.1, -0.05) is 42.5 Å². The number of Topliss-reactive ketones (excluding diaryl/α,β-unsaturated/α-hetero) is 1. The molecule has 0 amide bonds. The number of carbonyl (C=O) groups is 1. The number of carbonyl (C=O) groups excluding carboxylic acids is 1. The minimum Gasteiger partial charge on any atom is -0.496 e. The number of methoxy groups -OCH3 is 3. The van der Waals surface area contributed by atoms with Gasteiger partial charge in [-0.25, -0.2) is 0 Å². The summed E-state index contributed by atoms with van der Waals surface area (Å²) in [6.45, 7) is 0. The second kappa shape index (κ2) is 9.14. The van der Waals surface area contributed by atoms with Crippen LogP contribution in [0, 0.1) is 0 Å². The van der Waals surface area contributed by atoms with E-state index in [1.54, 1.807) is 27.4 Å². The maximum absolute atomic E-state index is 13.7. The van der Waals surface area contributed by atoms with E-state index in [0.29, 0.717) is 23.7 Å². The quantitative estimate of drug-likeness (QED) is 0.514. The van der Waals surface area contributed by atoms with E-state index in [2.05, 4.69) is 22.8 Å². The Morgan fingerprint density at radius 3 is 2.12 bits per heavy atom. The Morgan fingerprint density at radius 2 is 1.41 bits per heavy atom. The number of ketones is 1. The molecule has 6 heteroatoms. The van der Waals surface area contributed by atoms with Gasteiger partial charge in [0.1, 0.15) is 5.75 Å². The van der Waals surface area contributed by atoms with Gasteiger partial charge in [0.2, 0.25) is 0 Å². The van der Waals surface area contributed by atoms with Crippen molar-refractivity contribution in [1.82, 2.24) is 0 Å². The molecule has 0 aromatic heterocycles. The predicted octanol–water partition coefficient (Wildman–Crippen LogP) is 5.69. The summed E-state index contributed by atoms with van der Waals surface area (Å²) in [4.78, 5) is 13.7. The van der Waals surface area contributed by atoms with E-state index in [-0.39, 0.29) is 11.7 Å². The third-order valence-electron chi connectivity index (χ3n) is 6.63. The predicted molar refractivity (Wildman–Crippen MR) is 133 cm³/mol. The molecule has 1 heterocycles. The molecule has 2 atom stereocenters. The summed E-state index contributed by atoms with van der Waals surface area (Å²) in [5.41, 5.74) is 5.52. The zero-order chi connectivity index (χ0) is 23.7. The van der Waals surface area contributed by atoms with Gasteiger partial charge in [-0.05, 0) is 36.1 Å². The number of allylic oxidation sites excluding steroid dienone is 1. The molecular formula is C28H28N2O4. The summed E-state index contributed by atoms with van der Waals surface area (Å²) in [6.07, 6.45) is 1.20.